The lowest BCUT2D eigenvalue weighted by atomic mass is 10.0. The van der Waals surface area contributed by atoms with E-state index in [0.29, 0.717) is 0 Å². The topological polar surface area (TPSA) is 49.5 Å². The maximum atomic E-state index is 9.32. The van der Waals surface area contributed by atoms with Crippen LogP contribution in [0.15, 0.2) is 24.3 Å². The first-order chi connectivity index (χ1) is 6.52. The highest BCUT2D eigenvalue weighted by molar-refractivity contribution is 5.46. The second-order valence-corrected chi connectivity index (χ2v) is 3.75. The van der Waals surface area contributed by atoms with Crippen molar-refractivity contribution in [1.82, 2.24) is 0 Å². The summed E-state index contributed by atoms with van der Waals surface area (Å²) >= 11 is 0. The van der Waals surface area contributed by atoms with Crippen molar-refractivity contribution in [2.24, 2.45) is 5.73 Å². The summed E-state index contributed by atoms with van der Waals surface area (Å²) in [6.45, 7) is 1.70. The van der Waals surface area contributed by atoms with Crippen LogP contribution in [0.4, 0.5) is 5.69 Å². The number of rotatable bonds is 3. The quantitative estimate of drug-likeness (QED) is 0.758. The normalized spacial score (nSPS) is 14.9. The zero-order valence-electron chi connectivity index (χ0n) is 8.94. The van der Waals surface area contributed by atoms with Gasteiger partial charge in [-0.15, -0.1) is 0 Å². The third-order valence-corrected chi connectivity index (χ3v) is 2.31. The Labute approximate surface area is 85.2 Å². The summed E-state index contributed by atoms with van der Waals surface area (Å²) in [6, 6.07) is 7.60. The van der Waals surface area contributed by atoms with Crippen molar-refractivity contribution in [3.8, 4) is 0 Å². The van der Waals surface area contributed by atoms with Crippen molar-refractivity contribution in [2.75, 3.05) is 19.0 Å². The Morgan fingerprint density at radius 3 is 2.07 bits per heavy atom. The Balaban J connectivity index is 2.83. The number of benzene rings is 1. The highest BCUT2D eigenvalue weighted by Crippen LogP contribution is 2.18. The van der Waals surface area contributed by atoms with Gasteiger partial charge in [0.1, 0.15) is 0 Å². The van der Waals surface area contributed by atoms with Gasteiger partial charge < -0.3 is 15.7 Å². The first-order valence-corrected chi connectivity index (χ1v) is 4.73. The lowest BCUT2D eigenvalue weighted by Crippen LogP contribution is -2.23. The first kappa shape index (κ1) is 11.0. The van der Waals surface area contributed by atoms with Gasteiger partial charge in [-0.2, -0.15) is 0 Å². The number of aliphatic hydroxyl groups is 1. The Morgan fingerprint density at radius 2 is 1.71 bits per heavy atom. The molecule has 1 aromatic carbocycles. The molecule has 0 bridgehead atoms. The second-order valence-electron chi connectivity index (χ2n) is 3.75. The minimum atomic E-state index is -0.514. The Hall–Kier alpha value is -1.06. The molecule has 3 heteroatoms. The van der Waals surface area contributed by atoms with E-state index in [0.717, 1.165) is 11.3 Å². The van der Waals surface area contributed by atoms with Crippen molar-refractivity contribution in [3.63, 3.8) is 0 Å². The van der Waals surface area contributed by atoms with E-state index in [1.54, 1.807) is 6.92 Å². The molecule has 3 N–H and O–H groups in total. The number of anilines is 1. The standard InChI is InChI=1S/C11H18N2O/c1-8(14)11(12)9-4-6-10(7-5-9)13(2)3/h4-8,11,14H,12H2,1-3H3/t8-,11-/m0/s1. The van der Waals surface area contributed by atoms with E-state index in [2.05, 4.69) is 0 Å². The van der Waals surface area contributed by atoms with E-state index in [9.17, 15) is 5.11 Å². The van der Waals surface area contributed by atoms with E-state index in [-0.39, 0.29) is 6.04 Å². The fourth-order valence-corrected chi connectivity index (χ4v) is 1.27. The summed E-state index contributed by atoms with van der Waals surface area (Å²) in [5.74, 6) is 0. The van der Waals surface area contributed by atoms with Crippen LogP contribution in [0.25, 0.3) is 0 Å². The highest BCUT2D eigenvalue weighted by atomic mass is 16.3. The smallest absolute Gasteiger partial charge is 0.0704 e. The third kappa shape index (κ3) is 2.47. The number of aliphatic hydroxyl groups excluding tert-OH is 1. The summed E-state index contributed by atoms with van der Waals surface area (Å²) in [5, 5.41) is 9.32. The van der Waals surface area contributed by atoms with Gasteiger partial charge in [0.25, 0.3) is 0 Å². The van der Waals surface area contributed by atoms with Crippen molar-refractivity contribution in [2.45, 2.75) is 19.1 Å². The van der Waals surface area contributed by atoms with E-state index >= 15 is 0 Å². The van der Waals surface area contributed by atoms with Gasteiger partial charge in [0.2, 0.25) is 0 Å². The maximum absolute atomic E-state index is 9.32. The number of nitrogens with two attached hydrogens (primary N) is 1. The summed E-state index contributed by atoms with van der Waals surface area (Å²) in [7, 11) is 3.98. The van der Waals surface area contributed by atoms with Gasteiger partial charge in [-0.25, -0.2) is 0 Å². The molecule has 0 heterocycles. The first-order valence-electron chi connectivity index (χ1n) is 4.73. The lowest BCUT2D eigenvalue weighted by Gasteiger charge is -2.17. The van der Waals surface area contributed by atoms with Gasteiger partial charge in [-0.05, 0) is 24.6 Å². The number of hydrogen-bond donors (Lipinski definition) is 2. The van der Waals surface area contributed by atoms with Gasteiger partial charge in [-0.1, -0.05) is 12.1 Å². The van der Waals surface area contributed by atoms with Crippen molar-refractivity contribution >= 4 is 5.69 Å². The Morgan fingerprint density at radius 1 is 1.21 bits per heavy atom. The molecule has 0 unspecified atom stereocenters. The minimum Gasteiger partial charge on any atom is -0.391 e. The molecule has 0 aromatic heterocycles. The SMILES string of the molecule is C[C@H](O)[C@H](N)c1ccc(N(C)C)cc1. The van der Waals surface area contributed by atoms with Crippen molar-refractivity contribution in [3.05, 3.63) is 29.8 Å². The van der Waals surface area contributed by atoms with Gasteiger partial charge in [0.05, 0.1) is 12.1 Å². The molecule has 0 saturated carbocycles. The number of hydrogen-bond acceptors (Lipinski definition) is 3. The molecular weight excluding hydrogens is 176 g/mol. The molecule has 0 aliphatic carbocycles. The third-order valence-electron chi connectivity index (χ3n) is 2.31. The maximum Gasteiger partial charge on any atom is 0.0704 e. The van der Waals surface area contributed by atoms with E-state index in [4.69, 9.17) is 5.73 Å². The average molecular weight is 194 g/mol. The fraction of sp³-hybridized carbons (Fsp3) is 0.455. The Kier molecular flexibility index (Phi) is 3.49. The molecule has 0 amide bonds. The number of nitrogens with zero attached hydrogens (tertiary/aromatic N) is 1. The van der Waals surface area contributed by atoms with Crippen molar-refractivity contribution in [1.29, 1.82) is 0 Å². The molecule has 14 heavy (non-hydrogen) atoms. The van der Waals surface area contributed by atoms with E-state index in [1.165, 1.54) is 0 Å². The van der Waals surface area contributed by atoms with Gasteiger partial charge >= 0.3 is 0 Å². The van der Waals surface area contributed by atoms with Gasteiger partial charge in [-0.3, -0.25) is 0 Å². The van der Waals surface area contributed by atoms with Crippen LogP contribution in [0.1, 0.15) is 18.5 Å². The molecule has 0 aliphatic rings. The average Bonchev–Trinajstić information content (AvgIpc) is 2.16. The lowest BCUT2D eigenvalue weighted by molar-refractivity contribution is 0.164. The molecule has 1 aromatic rings. The Bertz CT molecular complexity index is 280. The highest BCUT2D eigenvalue weighted by Gasteiger charge is 2.11. The summed E-state index contributed by atoms with van der Waals surface area (Å²) < 4.78 is 0. The predicted octanol–water partition coefficient (Wildman–Crippen LogP) is 1.13. The summed E-state index contributed by atoms with van der Waals surface area (Å²) in [5.41, 5.74) is 7.89. The molecule has 78 valence electrons. The van der Waals surface area contributed by atoms with Crippen LogP contribution in [0, 0.1) is 0 Å². The molecule has 0 fully saturated rings. The summed E-state index contributed by atoms with van der Waals surface area (Å²) in [4.78, 5) is 2.03. The second kappa shape index (κ2) is 4.44. The monoisotopic (exact) mass is 194 g/mol. The molecule has 1 rings (SSSR count). The molecule has 2 atom stereocenters. The molecule has 0 saturated heterocycles. The molecular formula is C11H18N2O. The van der Waals surface area contributed by atoms with Crippen LogP contribution < -0.4 is 10.6 Å². The largest absolute Gasteiger partial charge is 0.391 e. The van der Waals surface area contributed by atoms with Crippen LogP contribution in [-0.2, 0) is 0 Å². The molecule has 0 radical (unpaired) electrons. The van der Waals surface area contributed by atoms with Crippen LogP contribution in [0.5, 0.6) is 0 Å². The van der Waals surface area contributed by atoms with Gasteiger partial charge in [0.15, 0.2) is 0 Å². The predicted molar refractivity (Wildman–Crippen MR) is 59.4 cm³/mol. The summed E-state index contributed by atoms with van der Waals surface area (Å²) in [6.07, 6.45) is -0.514. The van der Waals surface area contributed by atoms with Crippen LogP contribution >= 0.6 is 0 Å². The van der Waals surface area contributed by atoms with Crippen LogP contribution in [0.2, 0.25) is 0 Å². The molecule has 0 aliphatic heterocycles. The fourth-order valence-electron chi connectivity index (χ4n) is 1.27. The van der Waals surface area contributed by atoms with Crippen molar-refractivity contribution < 1.29 is 5.11 Å². The van der Waals surface area contributed by atoms with E-state index < -0.39 is 6.10 Å². The van der Waals surface area contributed by atoms with E-state index in [1.807, 2.05) is 43.3 Å². The molecule has 0 spiro atoms. The van der Waals surface area contributed by atoms with Gasteiger partial charge in [0, 0.05) is 19.8 Å². The molecule has 3 nitrogen and oxygen atoms in total. The zero-order valence-corrected chi connectivity index (χ0v) is 8.94. The zero-order chi connectivity index (χ0) is 10.7. The van der Waals surface area contributed by atoms with Crippen LogP contribution in [-0.4, -0.2) is 25.3 Å². The van der Waals surface area contributed by atoms with Crippen LogP contribution in [0.3, 0.4) is 0 Å². The minimum absolute atomic E-state index is 0.300.